The number of aromatic nitrogens is 1. The van der Waals surface area contributed by atoms with Crippen LogP contribution in [0.3, 0.4) is 0 Å². The Labute approximate surface area is 149 Å². The van der Waals surface area contributed by atoms with Crippen molar-refractivity contribution in [3.63, 3.8) is 0 Å². The van der Waals surface area contributed by atoms with Crippen LogP contribution in [0.2, 0.25) is 0 Å². The Morgan fingerprint density at radius 3 is 2.60 bits per heavy atom. The lowest BCUT2D eigenvalue weighted by molar-refractivity contribution is -0.116. The molecule has 0 aliphatic carbocycles. The number of hydrogen-bond acceptors (Lipinski definition) is 6. The highest BCUT2D eigenvalue weighted by Crippen LogP contribution is 2.36. The fourth-order valence-electron chi connectivity index (χ4n) is 2.35. The van der Waals surface area contributed by atoms with Gasteiger partial charge in [0, 0.05) is 11.8 Å². The number of nitrogens with one attached hydrogen (secondary N) is 1. The predicted octanol–water partition coefficient (Wildman–Crippen LogP) is 3.13. The Kier molecular flexibility index (Phi) is 6.35. The van der Waals surface area contributed by atoms with Gasteiger partial charge in [-0.15, -0.1) is 11.3 Å². The molecular formula is C17H20N2O5S. The molecule has 1 aromatic carbocycles. The van der Waals surface area contributed by atoms with Gasteiger partial charge in [0.05, 0.1) is 36.2 Å². The van der Waals surface area contributed by atoms with Crippen molar-refractivity contribution in [2.45, 2.75) is 26.2 Å². The molecule has 134 valence electrons. The van der Waals surface area contributed by atoms with Crippen LogP contribution in [0.1, 0.15) is 33.9 Å². The molecular weight excluding hydrogens is 344 g/mol. The fraction of sp³-hybridized carbons (Fsp3) is 0.353. The zero-order valence-corrected chi connectivity index (χ0v) is 15.1. The van der Waals surface area contributed by atoms with Crippen molar-refractivity contribution in [1.29, 1.82) is 0 Å². The first-order chi connectivity index (χ1) is 11.9. The van der Waals surface area contributed by atoms with Gasteiger partial charge in [-0.3, -0.25) is 4.79 Å². The number of aromatic carboxylic acids is 1. The van der Waals surface area contributed by atoms with E-state index in [1.165, 1.54) is 26.4 Å². The minimum absolute atomic E-state index is 0.00546. The van der Waals surface area contributed by atoms with E-state index in [0.29, 0.717) is 19.3 Å². The molecule has 0 aliphatic heterocycles. The highest BCUT2D eigenvalue weighted by molar-refractivity contribution is 7.09. The van der Waals surface area contributed by atoms with Crippen LogP contribution in [0.25, 0.3) is 0 Å². The maximum atomic E-state index is 12.2. The number of aryl methyl sites for hydroxylation is 2. The summed E-state index contributed by atoms with van der Waals surface area (Å²) < 4.78 is 10.4. The number of anilines is 1. The Hall–Kier alpha value is -2.61. The summed E-state index contributed by atoms with van der Waals surface area (Å²) in [6, 6.07) is 2.70. The minimum atomic E-state index is -1.12. The summed E-state index contributed by atoms with van der Waals surface area (Å²) in [4.78, 5) is 27.8. The highest BCUT2D eigenvalue weighted by atomic mass is 32.1. The lowest BCUT2D eigenvalue weighted by Crippen LogP contribution is -2.13. The van der Waals surface area contributed by atoms with Gasteiger partial charge in [-0.25, -0.2) is 9.78 Å². The highest BCUT2D eigenvalue weighted by Gasteiger charge is 2.17. The zero-order valence-electron chi connectivity index (χ0n) is 14.3. The number of nitrogens with zero attached hydrogens (tertiary/aromatic N) is 1. The van der Waals surface area contributed by atoms with Crippen molar-refractivity contribution in [2.24, 2.45) is 0 Å². The van der Waals surface area contributed by atoms with Crippen LogP contribution >= 0.6 is 11.3 Å². The number of methoxy groups -OCH3 is 2. The van der Waals surface area contributed by atoms with E-state index in [2.05, 4.69) is 10.3 Å². The second-order valence-corrected chi connectivity index (χ2v) is 6.39. The quantitative estimate of drug-likeness (QED) is 0.747. The minimum Gasteiger partial charge on any atom is -0.493 e. The van der Waals surface area contributed by atoms with Crippen molar-refractivity contribution < 1.29 is 24.2 Å². The Morgan fingerprint density at radius 2 is 2.04 bits per heavy atom. The molecule has 1 heterocycles. The molecule has 0 bridgehead atoms. The number of amides is 1. The van der Waals surface area contributed by atoms with E-state index >= 15 is 0 Å². The summed E-state index contributed by atoms with van der Waals surface area (Å²) in [7, 11) is 2.84. The SMILES string of the molecule is COc1cc(C(=O)O)cc(NC(=O)CCCc2csc(C)n2)c1OC. The van der Waals surface area contributed by atoms with Gasteiger partial charge in [0.1, 0.15) is 0 Å². The maximum Gasteiger partial charge on any atom is 0.335 e. The van der Waals surface area contributed by atoms with Crippen molar-refractivity contribution in [2.75, 3.05) is 19.5 Å². The van der Waals surface area contributed by atoms with Gasteiger partial charge in [-0.1, -0.05) is 0 Å². The van der Waals surface area contributed by atoms with Crippen LogP contribution in [-0.4, -0.2) is 36.2 Å². The van der Waals surface area contributed by atoms with E-state index in [9.17, 15) is 14.7 Å². The molecule has 1 aromatic heterocycles. The third-order valence-electron chi connectivity index (χ3n) is 3.50. The number of carbonyl (C=O) groups excluding carboxylic acids is 1. The number of ether oxygens (including phenoxy) is 2. The second kappa shape index (κ2) is 8.48. The second-order valence-electron chi connectivity index (χ2n) is 5.32. The Morgan fingerprint density at radius 1 is 1.28 bits per heavy atom. The molecule has 0 unspecified atom stereocenters. The standard InChI is InChI=1S/C17H20N2O5S/c1-10-18-12(9-25-10)5-4-6-15(20)19-13-7-11(17(21)22)8-14(23-2)16(13)24-3/h7-9H,4-6H2,1-3H3,(H,19,20)(H,21,22). The summed E-state index contributed by atoms with van der Waals surface area (Å²) in [5.74, 6) is -0.808. The van der Waals surface area contributed by atoms with Crippen LogP contribution in [0.4, 0.5) is 5.69 Å². The van der Waals surface area contributed by atoms with Crippen molar-refractivity contribution in [1.82, 2.24) is 4.98 Å². The zero-order chi connectivity index (χ0) is 18.4. The van der Waals surface area contributed by atoms with Crippen LogP contribution in [-0.2, 0) is 11.2 Å². The van der Waals surface area contributed by atoms with Crippen molar-refractivity contribution >= 4 is 28.9 Å². The molecule has 2 N–H and O–H groups in total. The van der Waals surface area contributed by atoms with Gasteiger partial charge < -0.3 is 19.9 Å². The molecule has 2 aromatic rings. The number of hydrogen-bond donors (Lipinski definition) is 2. The first-order valence-electron chi connectivity index (χ1n) is 7.64. The third-order valence-corrected chi connectivity index (χ3v) is 4.33. The molecule has 1 amide bonds. The van der Waals surface area contributed by atoms with Crippen LogP contribution < -0.4 is 14.8 Å². The molecule has 0 fully saturated rings. The fourth-order valence-corrected chi connectivity index (χ4v) is 2.99. The first-order valence-corrected chi connectivity index (χ1v) is 8.52. The molecule has 0 radical (unpaired) electrons. The Bertz CT molecular complexity index is 772. The summed E-state index contributed by atoms with van der Waals surface area (Å²) in [6.07, 6.45) is 1.65. The van der Waals surface area contributed by atoms with E-state index in [4.69, 9.17) is 9.47 Å². The normalized spacial score (nSPS) is 10.4. The van der Waals surface area contributed by atoms with Gasteiger partial charge in [0.2, 0.25) is 5.91 Å². The molecule has 0 saturated heterocycles. The maximum absolute atomic E-state index is 12.2. The van der Waals surface area contributed by atoms with Gasteiger partial charge in [0.25, 0.3) is 0 Å². The van der Waals surface area contributed by atoms with Gasteiger partial charge in [-0.2, -0.15) is 0 Å². The van der Waals surface area contributed by atoms with Crippen molar-refractivity contribution in [3.05, 3.63) is 33.8 Å². The topological polar surface area (TPSA) is 97.8 Å². The number of benzene rings is 1. The van der Waals surface area contributed by atoms with E-state index in [1.54, 1.807) is 11.3 Å². The molecule has 7 nitrogen and oxygen atoms in total. The monoisotopic (exact) mass is 364 g/mol. The number of thiazole rings is 1. The molecule has 0 atom stereocenters. The number of rotatable bonds is 8. The average molecular weight is 364 g/mol. The number of carboxylic acids is 1. The Balaban J connectivity index is 2.05. The number of carboxylic acid groups (broad SMARTS) is 1. The molecule has 2 rings (SSSR count). The van der Waals surface area contributed by atoms with E-state index in [1.807, 2.05) is 12.3 Å². The molecule has 8 heteroatoms. The first kappa shape index (κ1) is 18.7. The van der Waals surface area contributed by atoms with Crippen molar-refractivity contribution in [3.8, 4) is 11.5 Å². The lowest BCUT2D eigenvalue weighted by Gasteiger charge is -2.14. The molecule has 0 spiro atoms. The largest absolute Gasteiger partial charge is 0.493 e. The molecule has 0 saturated carbocycles. The third kappa shape index (κ3) is 4.93. The lowest BCUT2D eigenvalue weighted by atomic mass is 10.1. The van der Waals surface area contributed by atoms with E-state index in [-0.39, 0.29) is 28.7 Å². The van der Waals surface area contributed by atoms with Gasteiger partial charge in [0.15, 0.2) is 11.5 Å². The molecule has 0 aliphatic rings. The van der Waals surface area contributed by atoms with Crippen LogP contribution in [0, 0.1) is 6.92 Å². The smallest absolute Gasteiger partial charge is 0.335 e. The predicted molar refractivity (Wildman–Crippen MR) is 94.9 cm³/mol. The number of carbonyl (C=O) groups is 2. The van der Waals surface area contributed by atoms with Gasteiger partial charge in [-0.05, 0) is 31.9 Å². The molecule has 25 heavy (non-hydrogen) atoms. The van der Waals surface area contributed by atoms with E-state index < -0.39 is 5.97 Å². The van der Waals surface area contributed by atoms with Gasteiger partial charge >= 0.3 is 5.97 Å². The summed E-state index contributed by atoms with van der Waals surface area (Å²) >= 11 is 1.58. The van der Waals surface area contributed by atoms with Crippen LogP contribution in [0.15, 0.2) is 17.5 Å². The summed E-state index contributed by atoms with van der Waals surface area (Å²) in [5.41, 5.74) is 1.25. The van der Waals surface area contributed by atoms with Crippen LogP contribution in [0.5, 0.6) is 11.5 Å². The summed E-state index contributed by atoms with van der Waals surface area (Å²) in [6.45, 7) is 1.94. The average Bonchev–Trinajstić information content (AvgIpc) is 2.99. The van der Waals surface area contributed by atoms with E-state index in [0.717, 1.165) is 10.7 Å². The summed E-state index contributed by atoms with van der Waals surface area (Å²) in [5, 5.41) is 14.9.